The molecule has 0 aromatic heterocycles. The number of ether oxygens (including phenoxy) is 3. The maximum atomic E-state index is 11.1. The standard InChI is InChI=1S/C14H18O5/c1-14(2)18-11(12(19-14)13(15)16)9-17-8-10-6-4-3-5-7-10/h3-7,11-12H,8-9H2,1-2H3,(H,15,16). The molecule has 1 N–H and O–H groups in total. The summed E-state index contributed by atoms with van der Waals surface area (Å²) in [5.74, 6) is -1.91. The van der Waals surface area contributed by atoms with E-state index in [1.807, 2.05) is 30.3 Å². The normalized spacial score (nSPS) is 25.4. The van der Waals surface area contributed by atoms with Gasteiger partial charge in [0.1, 0.15) is 6.10 Å². The maximum Gasteiger partial charge on any atom is 0.335 e. The molecular weight excluding hydrogens is 248 g/mol. The van der Waals surface area contributed by atoms with E-state index in [0.29, 0.717) is 6.61 Å². The number of carboxylic acid groups (broad SMARTS) is 1. The lowest BCUT2D eigenvalue weighted by atomic mass is 10.2. The number of aliphatic carboxylic acids is 1. The molecule has 1 aliphatic heterocycles. The van der Waals surface area contributed by atoms with Gasteiger partial charge in [-0.3, -0.25) is 0 Å². The van der Waals surface area contributed by atoms with Gasteiger partial charge in [-0.2, -0.15) is 0 Å². The summed E-state index contributed by atoms with van der Waals surface area (Å²) in [6, 6.07) is 9.68. The Morgan fingerprint density at radius 1 is 1.32 bits per heavy atom. The molecule has 2 atom stereocenters. The molecule has 0 amide bonds. The molecule has 1 heterocycles. The van der Waals surface area contributed by atoms with Crippen LogP contribution in [0.15, 0.2) is 30.3 Å². The van der Waals surface area contributed by atoms with Gasteiger partial charge in [0, 0.05) is 0 Å². The van der Waals surface area contributed by atoms with Gasteiger partial charge in [-0.15, -0.1) is 0 Å². The van der Waals surface area contributed by atoms with E-state index in [0.717, 1.165) is 5.56 Å². The van der Waals surface area contributed by atoms with Gasteiger partial charge in [0.05, 0.1) is 13.2 Å². The van der Waals surface area contributed by atoms with Crippen molar-refractivity contribution in [1.82, 2.24) is 0 Å². The average molecular weight is 266 g/mol. The zero-order chi connectivity index (χ0) is 13.9. The molecule has 0 aliphatic carbocycles. The van der Waals surface area contributed by atoms with Crippen molar-refractivity contribution in [2.45, 2.75) is 38.4 Å². The van der Waals surface area contributed by atoms with Gasteiger partial charge in [-0.05, 0) is 19.4 Å². The van der Waals surface area contributed by atoms with E-state index in [4.69, 9.17) is 19.3 Å². The van der Waals surface area contributed by atoms with Crippen molar-refractivity contribution in [3.63, 3.8) is 0 Å². The highest BCUT2D eigenvalue weighted by atomic mass is 16.8. The minimum absolute atomic E-state index is 0.190. The molecule has 0 radical (unpaired) electrons. The van der Waals surface area contributed by atoms with Crippen LogP contribution in [0.25, 0.3) is 0 Å². The molecule has 1 aromatic rings. The van der Waals surface area contributed by atoms with Crippen molar-refractivity contribution in [2.75, 3.05) is 6.61 Å². The largest absolute Gasteiger partial charge is 0.479 e. The maximum absolute atomic E-state index is 11.1. The van der Waals surface area contributed by atoms with Crippen LogP contribution in [-0.2, 0) is 25.6 Å². The smallest absolute Gasteiger partial charge is 0.335 e. The number of rotatable bonds is 5. The Kier molecular flexibility index (Phi) is 4.19. The van der Waals surface area contributed by atoms with E-state index in [-0.39, 0.29) is 6.61 Å². The third kappa shape index (κ3) is 3.76. The van der Waals surface area contributed by atoms with Gasteiger partial charge in [-0.25, -0.2) is 4.79 Å². The van der Waals surface area contributed by atoms with Gasteiger partial charge >= 0.3 is 5.97 Å². The summed E-state index contributed by atoms with van der Waals surface area (Å²) in [4.78, 5) is 11.1. The molecule has 104 valence electrons. The lowest BCUT2D eigenvalue weighted by Crippen LogP contribution is -2.34. The highest BCUT2D eigenvalue weighted by molar-refractivity contribution is 5.73. The first kappa shape index (κ1) is 14.0. The average Bonchev–Trinajstić information content (AvgIpc) is 2.66. The Hall–Kier alpha value is -1.43. The second-order valence-corrected chi connectivity index (χ2v) is 4.93. The van der Waals surface area contributed by atoms with Crippen molar-refractivity contribution in [1.29, 1.82) is 0 Å². The zero-order valence-electron chi connectivity index (χ0n) is 11.0. The topological polar surface area (TPSA) is 65.0 Å². The minimum Gasteiger partial charge on any atom is -0.479 e. The number of carbonyl (C=O) groups is 1. The molecule has 0 spiro atoms. The van der Waals surface area contributed by atoms with Crippen LogP contribution < -0.4 is 0 Å². The van der Waals surface area contributed by atoms with E-state index in [9.17, 15) is 4.79 Å². The Balaban J connectivity index is 1.86. The molecule has 0 bridgehead atoms. The minimum atomic E-state index is -1.03. The molecule has 2 unspecified atom stereocenters. The van der Waals surface area contributed by atoms with Gasteiger partial charge in [0.25, 0.3) is 0 Å². The molecule has 2 rings (SSSR count). The van der Waals surface area contributed by atoms with Crippen LogP contribution in [0, 0.1) is 0 Å². The van der Waals surface area contributed by atoms with Crippen LogP contribution in [0.3, 0.4) is 0 Å². The van der Waals surface area contributed by atoms with E-state index < -0.39 is 24.0 Å². The first-order valence-electron chi connectivity index (χ1n) is 6.18. The lowest BCUT2D eigenvalue weighted by molar-refractivity contribution is -0.166. The Bertz CT molecular complexity index is 429. The lowest BCUT2D eigenvalue weighted by Gasteiger charge is -2.16. The predicted octanol–water partition coefficient (Wildman–Crippen LogP) is 1.81. The highest BCUT2D eigenvalue weighted by Crippen LogP contribution is 2.28. The summed E-state index contributed by atoms with van der Waals surface area (Å²) in [6.07, 6.45) is -1.57. The Labute approximate surface area is 112 Å². The first-order chi connectivity index (χ1) is 8.98. The third-order valence-electron chi connectivity index (χ3n) is 2.82. The van der Waals surface area contributed by atoms with Crippen LogP contribution in [0.5, 0.6) is 0 Å². The number of carboxylic acids is 1. The van der Waals surface area contributed by atoms with Crippen molar-refractivity contribution in [2.24, 2.45) is 0 Å². The summed E-state index contributed by atoms with van der Waals surface area (Å²) in [5, 5.41) is 9.07. The second kappa shape index (κ2) is 5.69. The van der Waals surface area contributed by atoms with E-state index in [2.05, 4.69) is 0 Å². The number of hydrogen-bond acceptors (Lipinski definition) is 4. The van der Waals surface area contributed by atoms with Crippen molar-refractivity contribution in [3.8, 4) is 0 Å². The number of benzene rings is 1. The molecule has 1 aliphatic rings. The van der Waals surface area contributed by atoms with Gasteiger partial charge in [-0.1, -0.05) is 30.3 Å². The monoisotopic (exact) mass is 266 g/mol. The first-order valence-corrected chi connectivity index (χ1v) is 6.18. The molecule has 1 fully saturated rings. The molecule has 19 heavy (non-hydrogen) atoms. The highest BCUT2D eigenvalue weighted by Gasteiger charge is 2.45. The molecule has 5 nitrogen and oxygen atoms in total. The van der Waals surface area contributed by atoms with Crippen molar-refractivity contribution in [3.05, 3.63) is 35.9 Å². The van der Waals surface area contributed by atoms with Crippen LogP contribution >= 0.6 is 0 Å². The molecule has 1 saturated heterocycles. The Morgan fingerprint density at radius 3 is 2.63 bits per heavy atom. The van der Waals surface area contributed by atoms with E-state index >= 15 is 0 Å². The molecule has 1 aromatic carbocycles. The molecule has 5 heteroatoms. The van der Waals surface area contributed by atoms with E-state index in [1.54, 1.807) is 13.8 Å². The van der Waals surface area contributed by atoms with Crippen LogP contribution in [0.2, 0.25) is 0 Å². The summed E-state index contributed by atoms with van der Waals surface area (Å²) < 4.78 is 16.4. The van der Waals surface area contributed by atoms with Crippen LogP contribution in [0.4, 0.5) is 0 Å². The van der Waals surface area contributed by atoms with Gasteiger partial charge in [0.15, 0.2) is 11.9 Å². The summed E-state index contributed by atoms with van der Waals surface area (Å²) >= 11 is 0. The molecule has 0 saturated carbocycles. The van der Waals surface area contributed by atoms with Crippen molar-refractivity contribution < 1.29 is 24.1 Å². The van der Waals surface area contributed by atoms with Gasteiger partial charge < -0.3 is 19.3 Å². The van der Waals surface area contributed by atoms with Gasteiger partial charge in [0.2, 0.25) is 0 Å². The Morgan fingerprint density at radius 2 is 2.00 bits per heavy atom. The summed E-state index contributed by atoms with van der Waals surface area (Å²) in [7, 11) is 0. The zero-order valence-corrected chi connectivity index (χ0v) is 11.0. The third-order valence-corrected chi connectivity index (χ3v) is 2.82. The fourth-order valence-electron chi connectivity index (χ4n) is 2.03. The fraction of sp³-hybridized carbons (Fsp3) is 0.500. The fourth-order valence-corrected chi connectivity index (χ4v) is 2.03. The quantitative estimate of drug-likeness (QED) is 0.880. The SMILES string of the molecule is CC1(C)OC(COCc2ccccc2)C(C(=O)O)O1. The molecular formula is C14H18O5. The number of hydrogen-bond donors (Lipinski definition) is 1. The van der Waals surface area contributed by atoms with Crippen LogP contribution in [-0.4, -0.2) is 35.7 Å². The predicted molar refractivity (Wildman–Crippen MR) is 67.6 cm³/mol. The second-order valence-electron chi connectivity index (χ2n) is 4.93. The summed E-state index contributed by atoms with van der Waals surface area (Å²) in [6.45, 7) is 4.00. The van der Waals surface area contributed by atoms with Crippen molar-refractivity contribution >= 4 is 5.97 Å². The van der Waals surface area contributed by atoms with Crippen LogP contribution in [0.1, 0.15) is 19.4 Å². The van der Waals surface area contributed by atoms with E-state index in [1.165, 1.54) is 0 Å². The summed E-state index contributed by atoms with van der Waals surface area (Å²) in [5.41, 5.74) is 1.03.